The summed E-state index contributed by atoms with van der Waals surface area (Å²) in [6.07, 6.45) is 0.0894. The van der Waals surface area contributed by atoms with Crippen LogP contribution in [0.25, 0.3) is 22.6 Å². The molecule has 1 unspecified atom stereocenters. The Balaban J connectivity index is 1.67. The molecule has 39 heavy (non-hydrogen) atoms. The van der Waals surface area contributed by atoms with Gasteiger partial charge in [0, 0.05) is 7.05 Å². The Hall–Kier alpha value is -3.05. The number of nitrogens with zero attached hydrogens (tertiary/aromatic N) is 9. The Morgan fingerprint density at radius 1 is 1.10 bits per heavy atom. The van der Waals surface area contributed by atoms with E-state index in [1.54, 1.807) is 22.5 Å². The van der Waals surface area contributed by atoms with Gasteiger partial charge in [0.2, 0.25) is 5.95 Å². The zero-order valence-electron chi connectivity index (χ0n) is 22.0. The fourth-order valence-electron chi connectivity index (χ4n) is 4.93. The molecule has 1 N–H and O–H groups in total. The number of morpholine rings is 1. The summed E-state index contributed by atoms with van der Waals surface area (Å²) in [6.45, 7) is 7.33. The van der Waals surface area contributed by atoms with Crippen LogP contribution in [0.5, 0.6) is 0 Å². The summed E-state index contributed by atoms with van der Waals surface area (Å²) >= 11 is 0. The maximum atomic E-state index is 13.9. The van der Waals surface area contributed by atoms with Crippen LogP contribution < -0.4 is 15.1 Å². The number of aromatic nitrogens is 6. The van der Waals surface area contributed by atoms with Crippen molar-refractivity contribution in [2.24, 2.45) is 0 Å². The van der Waals surface area contributed by atoms with Crippen LogP contribution >= 0.6 is 0 Å². The van der Waals surface area contributed by atoms with Gasteiger partial charge in [0.25, 0.3) is 0 Å². The molecule has 2 aliphatic heterocycles. The molecular weight excluding hydrogens is 536 g/mol. The van der Waals surface area contributed by atoms with E-state index in [0.717, 1.165) is 4.57 Å². The van der Waals surface area contributed by atoms with Crippen molar-refractivity contribution in [2.75, 3.05) is 74.4 Å². The summed E-state index contributed by atoms with van der Waals surface area (Å²) in [7, 11) is -0.782. The van der Waals surface area contributed by atoms with Gasteiger partial charge < -0.3 is 10.1 Å². The molecule has 0 bridgehead atoms. The van der Waals surface area contributed by atoms with Gasteiger partial charge >= 0.3 is 192 Å². The van der Waals surface area contributed by atoms with Gasteiger partial charge in [-0.05, 0) is 0 Å². The van der Waals surface area contributed by atoms with Crippen LogP contribution in [0.1, 0.15) is 6.92 Å². The third kappa shape index (κ3) is 5.79. The Labute approximate surface area is 225 Å². The summed E-state index contributed by atoms with van der Waals surface area (Å²) in [6, 6.07) is -0.212. The first-order chi connectivity index (χ1) is 18.4. The molecule has 2 fully saturated rings. The Morgan fingerprint density at radius 2 is 1.79 bits per heavy atom. The van der Waals surface area contributed by atoms with Gasteiger partial charge in [-0.2, -0.15) is 0 Å². The predicted octanol–water partition coefficient (Wildman–Crippen LogP) is 0.879. The summed E-state index contributed by atoms with van der Waals surface area (Å²) < 4.78 is 62.8. The summed E-state index contributed by atoms with van der Waals surface area (Å²) in [5, 5.41) is 2.83. The van der Waals surface area contributed by atoms with E-state index in [-0.39, 0.29) is 29.0 Å². The van der Waals surface area contributed by atoms with E-state index in [2.05, 4.69) is 27.0 Å². The van der Waals surface area contributed by atoms with Gasteiger partial charge in [-0.1, -0.05) is 0 Å². The molecule has 0 spiro atoms. The second kappa shape index (κ2) is 10.5. The van der Waals surface area contributed by atoms with E-state index in [1.807, 2.05) is 11.8 Å². The molecule has 5 rings (SSSR count). The number of hydrogen-bond acceptors (Lipinski definition) is 10. The number of hydrogen-bond donors (Lipinski definition) is 1. The molecule has 5 heterocycles. The van der Waals surface area contributed by atoms with Crippen molar-refractivity contribution in [2.45, 2.75) is 25.7 Å². The van der Waals surface area contributed by atoms with Crippen molar-refractivity contribution in [3.63, 3.8) is 0 Å². The van der Waals surface area contributed by atoms with Gasteiger partial charge in [-0.3, -0.25) is 0 Å². The first-order valence-corrected chi connectivity index (χ1v) is 14.6. The normalized spacial score (nSPS) is 20.8. The van der Waals surface area contributed by atoms with Crippen molar-refractivity contribution in [1.82, 2.24) is 33.8 Å². The first-order valence-electron chi connectivity index (χ1n) is 12.5. The van der Waals surface area contributed by atoms with E-state index < -0.39 is 22.3 Å². The second-order valence-corrected chi connectivity index (χ2v) is 12.1. The average Bonchev–Trinajstić information content (AvgIpc) is 3.24. The number of rotatable bonds is 6. The van der Waals surface area contributed by atoms with Gasteiger partial charge in [-0.15, -0.1) is 0 Å². The molecule has 0 saturated carbocycles. The molecule has 3 aromatic rings. The van der Waals surface area contributed by atoms with E-state index in [1.165, 1.54) is 12.4 Å². The number of piperazine rings is 1. The molecule has 2 atom stereocenters. The SMILES string of the molecule is B=S(C)(=O)N1CCN(c2nc3c(N4CCOCC4)nc(-c4cnc(NC)nc4)nc3n2CC(F)(F)F)C[C@H]1C. The fraction of sp³-hybridized carbons (Fsp3) is 0.591. The van der Waals surface area contributed by atoms with Gasteiger partial charge in [0.05, 0.1) is 0 Å². The van der Waals surface area contributed by atoms with E-state index in [0.29, 0.717) is 63.3 Å². The molecule has 12 nitrogen and oxygen atoms in total. The minimum atomic E-state index is -4.53. The standard InChI is InChI=1S/C22H30BF3N10O2S/c1-14-12-34(4-5-36(14)39(3,23)37)21-30-16-18(33-6-8-38-9-7-33)31-17(15-10-28-20(27-2)29-11-15)32-19(16)35(21)13-22(24,25)26/h10-11,14,23H,4-9,12-13H2,1-3H3,(H,27,28,29)/t14-,39?/m1/s1. The molecule has 210 valence electrons. The van der Waals surface area contributed by atoms with E-state index >= 15 is 0 Å². The first kappa shape index (κ1) is 27.5. The van der Waals surface area contributed by atoms with Crippen molar-refractivity contribution < 1.29 is 22.1 Å². The fourth-order valence-corrected chi connectivity index (χ4v) is 6.23. The summed E-state index contributed by atoms with van der Waals surface area (Å²) in [5.74, 6) is 1.16. The molecule has 3 aromatic heterocycles. The number of anilines is 3. The topological polar surface area (TPSA) is 117 Å². The molecule has 0 amide bonds. The monoisotopic (exact) mass is 566 g/mol. The Kier molecular flexibility index (Phi) is 7.41. The van der Waals surface area contributed by atoms with Gasteiger partial charge in [0.15, 0.2) is 0 Å². The number of alkyl halides is 3. The average molecular weight is 566 g/mol. The minimum absolute atomic E-state index is 0.0676. The zero-order valence-corrected chi connectivity index (χ0v) is 22.8. The molecule has 17 heteroatoms. The van der Waals surface area contributed by atoms with Gasteiger partial charge in [-0.25, -0.2) is 9.97 Å². The Bertz CT molecular complexity index is 1450. The summed E-state index contributed by atoms with van der Waals surface area (Å²) in [5.41, 5.74) is 0.805. The van der Waals surface area contributed by atoms with Crippen molar-refractivity contribution >= 4 is 45.1 Å². The van der Waals surface area contributed by atoms with Crippen LogP contribution in [0.3, 0.4) is 0 Å². The van der Waals surface area contributed by atoms with Crippen molar-refractivity contribution in [3.05, 3.63) is 12.4 Å². The third-order valence-electron chi connectivity index (χ3n) is 6.68. The zero-order chi connectivity index (χ0) is 27.9. The Morgan fingerprint density at radius 3 is 2.38 bits per heavy atom. The number of nitrogens with one attached hydrogen (secondary N) is 1. The number of imidazole rings is 1. The third-order valence-corrected chi connectivity index (χ3v) is 8.22. The number of ether oxygens (including phenoxy) is 1. The van der Waals surface area contributed by atoms with Crippen molar-refractivity contribution in [3.8, 4) is 11.4 Å². The van der Waals surface area contributed by atoms with Crippen LogP contribution in [-0.2, 0) is 20.8 Å². The van der Waals surface area contributed by atoms with E-state index in [4.69, 9.17) is 14.7 Å². The van der Waals surface area contributed by atoms with Gasteiger partial charge in [0.1, 0.15) is 0 Å². The second-order valence-electron chi connectivity index (χ2n) is 9.70. The molecule has 0 aromatic carbocycles. The predicted molar refractivity (Wildman–Crippen MR) is 145 cm³/mol. The van der Waals surface area contributed by atoms with Crippen molar-refractivity contribution in [1.29, 1.82) is 0 Å². The van der Waals surface area contributed by atoms with Crippen LogP contribution in [0.15, 0.2) is 12.4 Å². The molecular formula is C22H30BF3N10O2S. The maximum absolute atomic E-state index is 13.9. The molecule has 0 radical (unpaired) electrons. The van der Waals surface area contributed by atoms with E-state index in [9.17, 15) is 17.4 Å². The summed E-state index contributed by atoms with van der Waals surface area (Å²) in [4.78, 5) is 26.2. The van der Waals surface area contributed by atoms with Crippen LogP contribution in [0.2, 0.25) is 0 Å². The molecule has 2 aliphatic rings. The number of halogens is 3. The van der Waals surface area contributed by atoms with Crippen LogP contribution in [-0.4, -0.2) is 116 Å². The molecule has 2 saturated heterocycles. The quantitative estimate of drug-likeness (QED) is 0.431. The number of fused-ring (bicyclic) bond motifs is 1. The molecule has 0 aliphatic carbocycles. The van der Waals surface area contributed by atoms with Crippen LogP contribution in [0, 0.1) is 0 Å². The van der Waals surface area contributed by atoms with Crippen LogP contribution in [0.4, 0.5) is 30.9 Å².